The first-order chi connectivity index (χ1) is 16.4. The lowest BCUT2D eigenvalue weighted by molar-refractivity contribution is -0.139. The van der Waals surface area contributed by atoms with Crippen LogP contribution in [0.3, 0.4) is 0 Å². The number of Topliss-reactive ketones (excluding diaryl/α,β-unsaturated/α-hetero) is 1. The first-order valence-corrected chi connectivity index (χ1v) is 11.6. The molecule has 34 heavy (non-hydrogen) atoms. The van der Waals surface area contributed by atoms with Crippen LogP contribution in [-0.2, 0) is 22.4 Å². The Bertz CT molecular complexity index is 1280. The third kappa shape index (κ3) is 3.98. The van der Waals surface area contributed by atoms with E-state index in [1.807, 2.05) is 80.6 Å². The Morgan fingerprint density at radius 2 is 1.76 bits per heavy atom. The molecule has 1 fully saturated rings. The number of ketones is 1. The number of ether oxygens (including phenoxy) is 1. The first-order valence-electron chi connectivity index (χ1n) is 11.6. The number of aliphatic hydroxyl groups is 1. The molecular weight excluding hydrogens is 426 g/mol. The van der Waals surface area contributed by atoms with Gasteiger partial charge in [0.25, 0.3) is 11.7 Å². The van der Waals surface area contributed by atoms with Gasteiger partial charge in [-0.2, -0.15) is 0 Å². The van der Waals surface area contributed by atoms with E-state index in [0.29, 0.717) is 18.5 Å². The molecule has 172 valence electrons. The highest BCUT2D eigenvalue weighted by Gasteiger charge is 2.45. The van der Waals surface area contributed by atoms with Crippen LogP contribution in [0, 0.1) is 6.92 Å². The third-order valence-electron chi connectivity index (χ3n) is 6.59. The molecule has 1 N–H and O–H groups in total. The van der Waals surface area contributed by atoms with Crippen molar-refractivity contribution in [1.29, 1.82) is 0 Å². The van der Waals surface area contributed by atoms with Crippen molar-refractivity contribution < 1.29 is 19.4 Å². The highest BCUT2D eigenvalue weighted by atomic mass is 16.5. The lowest BCUT2D eigenvalue weighted by Crippen LogP contribution is -2.31. The summed E-state index contributed by atoms with van der Waals surface area (Å²) < 4.78 is 5.77. The largest absolute Gasteiger partial charge is 0.507 e. The number of fused-ring (bicyclic) bond motifs is 1. The van der Waals surface area contributed by atoms with E-state index in [0.717, 1.165) is 34.4 Å². The molecule has 2 aliphatic heterocycles. The zero-order valence-corrected chi connectivity index (χ0v) is 19.3. The summed E-state index contributed by atoms with van der Waals surface area (Å²) in [5.41, 5.74) is 4.61. The standard InChI is InChI=1S/C29H27NO4/c1-18-8-10-21(11-9-18)26-25(27(31)22-12-13-24-23(17-22)16-19(2)34-24)28(32)29(33)30(26)15-14-20-6-4-3-5-7-20/h3-13,17,19,26,31H,14-16H2,1-2H3/b27-25+. The maximum atomic E-state index is 13.2. The topological polar surface area (TPSA) is 66.8 Å². The Labute approximate surface area is 199 Å². The molecule has 5 nitrogen and oxygen atoms in total. The van der Waals surface area contributed by atoms with Gasteiger partial charge in [-0.05, 0) is 55.2 Å². The number of rotatable bonds is 5. The third-order valence-corrected chi connectivity index (χ3v) is 6.59. The predicted octanol–water partition coefficient (Wildman–Crippen LogP) is 4.98. The van der Waals surface area contributed by atoms with E-state index in [1.165, 1.54) is 0 Å². The van der Waals surface area contributed by atoms with E-state index in [1.54, 1.807) is 11.0 Å². The van der Waals surface area contributed by atoms with Crippen LogP contribution in [0.5, 0.6) is 5.75 Å². The van der Waals surface area contributed by atoms with Crippen LogP contribution in [0.2, 0.25) is 0 Å². The molecule has 0 radical (unpaired) electrons. The van der Waals surface area contributed by atoms with Crippen LogP contribution < -0.4 is 4.74 Å². The lowest BCUT2D eigenvalue weighted by atomic mass is 9.94. The normalized spacial score (nSPS) is 20.9. The van der Waals surface area contributed by atoms with Gasteiger partial charge in [0.15, 0.2) is 0 Å². The van der Waals surface area contributed by atoms with E-state index >= 15 is 0 Å². The summed E-state index contributed by atoms with van der Waals surface area (Å²) in [6.07, 6.45) is 1.43. The molecule has 2 atom stereocenters. The average molecular weight is 454 g/mol. The quantitative estimate of drug-likeness (QED) is 0.336. The number of carbonyl (C=O) groups is 2. The molecule has 3 aromatic carbocycles. The van der Waals surface area contributed by atoms with Crippen molar-refractivity contribution in [3.63, 3.8) is 0 Å². The van der Waals surface area contributed by atoms with E-state index < -0.39 is 17.7 Å². The molecule has 0 spiro atoms. The van der Waals surface area contributed by atoms with Crippen LogP contribution in [0.4, 0.5) is 0 Å². The van der Waals surface area contributed by atoms with Crippen LogP contribution in [0.1, 0.15) is 40.8 Å². The molecule has 2 heterocycles. The summed E-state index contributed by atoms with van der Waals surface area (Å²) in [6, 6.07) is 22.4. The van der Waals surface area contributed by atoms with Gasteiger partial charge < -0.3 is 14.7 Å². The molecule has 1 saturated heterocycles. The summed E-state index contributed by atoms with van der Waals surface area (Å²) in [7, 11) is 0. The van der Waals surface area contributed by atoms with Crippen LogP contribution >= 0.6 is 0 Å². The van der Waals surface area contributed by atoms with Crippen molar-refractivity contribution in [3.05, 3.63) is 106 Å². The minimum Gasteiger partial charge on any atom is -0.507 e. The zero-order chi connectivity index (χ0) is 23.8. The molecular formula is C29H27NO4. The predicted molar refractivity (Wildman–Crippen MR) is 131 cm³/mol. The van der Waals surface area contributed by atoms with Gasteiger partial charge in [0.05, 0.1) is 11.6 Å². The van der Waals surface area contributed by atoms with E-state index in [2.05, 4.69) is 0 Å². The number of hydrogen-bond acceptors (Lipinski definition) is 4. The number of carbonyl (C=O) groups excluding carboxylic acids is 2. The second-order valence-corrected chi connectivity index (χ2v) is 9.09. The minimum atomic E-state index is -0.652. The van der Waals surface area contributed by atoms with Gasteiger partial charge in [-0.15, -0.1) is 0 Å². The van der Waals surface area contributed by atoms with Gasteiger partial charge in [0, 0.05) is 18.5 Å². The fourth-order valence-corrected chi connectivity index (χ4v) is 4.83. The Morgan fingerprint density at radius 3 is 2.50 bits per heavy atom. The number of nitrogens with zero attached hydrogens (tertiary/aromatic N) is 1. The van der Waals surface area contributed by atoms with Gasteiger partial charge in [-0.1, -0.05) is 60.2 Å². The van der Waals surface area contributed by atoms with Crippen molar-refractivity contribution >= 4 is 17.4 Å². The van der Waals surface area contributed by atoms with Crippen LogP contribution in [0.15, 0.2) is 78.4 Å². The number of aryl methyl sites for hydroxylation is 1. The second kappa shape index (κ2) is 8.82. The Kier molecular flexibility index (Phi) is 5.70. The fraction of sp³-hybridized carbons (Fsp3) is 0.241. The maximum absolute atomic E-state index is 13.2. The maximum Gasteiger partial charge on any atom is 0.295 e. The lowest BCUT2D eigenvalue weighted by Gasteiger charge is -2.25. The molecule has 3 aromatic rings. The number of benzene rings is 3. The SMILES string of the molecule is Cc1ccc(C2/C(=C(\O)c3ccc4c(c3)CC(C)O4)C(=O)C(=O)N2CCc2ccccc2)cc1. The van der Waals surface area contributed by atoms with Crippen molar-refractivity contribution in [2.45, 2.75) is 38.8 Å². The zero-order valence-electron chi connectivity index (χ0n) is 19.3. The van der Waals surface area contributed by atoms with Crippen LogP contribution in [0.25, 0.3) is 5.76 Å². The highest BCUT2D eigenvalue weighted by Crippen LogP contribution is 2.40. The number of aliphatic hydroxyl groups excluding tert-OH is 1. The Balaban J connectivity index is 1.57. The van der Waals surface area contributed by atoms with Crippen molar-refractivity contribution in [2.24, 2.45) is 0 Å². The average Bonchev–Trinajstić information content (AvgIpc) is 3.34. The monoisotopic (exact) mass is 453 g/mol. The molecule has 5 rings (SSSR count). The summed E-state index contributed by atoms with van der Waals surface area (Å²) in [5, 5.41) is 11.3. The second-order valence-electron chi connectivity index (χ2n) is 9.09. The van der Waals surface area contributed by atoms with Crippen molar-refractivity contribution in [2.75, 3.05) is 6.54 Å². The van der Waals surface area contributed by atoms with E-state index in [-0.39, 0.29) is 17.4 Å². The molecule has 0 aliphatic carbocycles. The molecule has 5 heteroatoms. The highest BCUT2D eigenvalue weighted by molar-refractivity contribution is 6.46. The molecule has 2 aliphatic rings. The minimum absolute atomic E-state index is 0.0727. The van der Waals surface area contributed by atoms with Crippen molar-refractivity contribution in [3.8, 4) is 5.75 Å². The van der Waals surface area contributed by atoms with Crippen molar-refractivity contribution in [1.82, 2.24) is 4.90 Å². The summed E-state index contributed by atoms with van der Waals surface area (Å²) in [5.74, 6) is -0.585. The van der Waals surface area contributed by atoms with Gasteiger partial charge in [-0.25, -0.2) is 0 Å². The van der Waals surface area contributed by atoms with Gasteiger partial charge >= 0.3 is 0 Å². The molecule has 0 aromatic heterocycles. The smallest absolute Gasteiger partial charge is 0.295 e. The number of hydrogen-bond donors (Lipinski definition) is 1. The number of likely N-dealkylation sites (tertiary alicyclic amines) is 1. The first kappa shape index (κ1) is 22.0. The Morgan fingerprint density at radius 1 is 1.03 bits per heavy atom. The van der Waals surface area contributed by atoms with E-state index in [9.17, 15) is 14.7 Å². The van der Waals surface area contributed by atoms with Gasteiger partial charge in [0.2, 0.25) is 0 Å². The molecule has 0 bridgehead atoms. The van der Waals surface area contributed by atoms with Gasteiger partial charge in [0.1, 0.15) is 17.6 Å². The van der Waals surface area contributed by atoms with Gasteiger partial charge in [-0.3, -0.25) is 9.59 Å². The number of amides is 1. The summed E-state index contributed by atoms with van der Waals surface area (Å²) in [6.45, 7) is 4.36. The molecule has 2 unspecified atom stereocenters. The fourth-order valence-electron chi connectivity index (χ4n) is 4.83. The summed E-state index contributed by atoms with van der Waals surface area (Å²) >= 11 is 0. The molecule has 0 saturated carbocycles. The summed E-state index contributed by atoms with van der Waals surface area (Å²) in [4.78, 5) is 28.0. The van der Waals surface area contributed by atoms with E-state index in [4.69, 9.17) is 4.74 Å². The molecule has 1 amide bonds. The van der Waals surface area contributed by atoms with Crippen LogP contribution in [-0.4, -0.2) is 34.3 Å². The Hall–Kier alpha value is -3.86.